The van der Waals surface area contributed by atoms with Crippen LogP contribution in [0.3, 0.4) is 0 Å². The lowest BCUT2D eigenvalue weighted by Crippen LogP contribution is -2.30. The van der Waals surface area contributed by atoms with E-state index in [-0.39, 0.29) is 5.91 Å². The first kappa shape index (κ1) is 13.7. The Morgan fingerprint density at radius 2 is 2.00 bits per heavy atom. The highest BCUT2D eigenvalue weighted by Gasteiger charge is 2.13. The van der Waals surface area contributed by atoms with Crippen molar-refractivity contribution in [2.75, 3.05) is 0 Å². The number of carbonyl (C=O) groups excluding carboxylic acids is 1. The second kappa shape index (κ2) is 5.59. The van der Waals surface area contributed by atoms with Crippen molar-refractivity contribution >= 4 is 32.7 Å². The molecule has 0 fully saturated rings. The molecule has 0 bridgehead atoms. The van der Waals surface area contributed by atoms with Gasteiger partial charge >= 0.3 is 0 Å². The van der Waals surface area contributed by atoms with Crippen LogP contribution in [-0.4, -0.2) is 15.9 Å². The summed E-state index contributed by atoms with van der Waals surface area (Å²) in [6.45, 7) is 0. The number of benzene rings is 1. The third-order valence-corrected chi connectivity index (χ3v) is 3.57. The molecular weight excluding hydrogens is 332 g/mol. The van der Waals surface area contributed by atoms with Crippen LogP contribution in [0, 0.1) is 0 Å². The summed E-state index contributed by atoms with van der Waals surface area (Å²) in [4.78, 5) is 20.8. The number of aromatic nitrogens is 2. The van der Waals surface area contributed by atoms with Crippen molar-refractivity contribution in [3.05, 3.63) is 58.7 Å². The third-order valence-electron chi connectivity index (χ3n) is 3.07. The maximum atomic E-state index is 12.0. The van der Waals surface area contributed by atoms with Gasteiger partial charge in [-0.05, 0) is 36.4 Å². The van der Waals surface area contributed by atoms with Crippen molar-refractivity contribution in [3.8, 4) is 11.4 Å². The molecule has 0 spiro atoms. The molecule has 5 nitrogen and oxygen atoms in total. The number of nitrogen functional groups attached to an aromatic ring is 1. The highest BCUT2D eigenvalue weighted by Crippen LogP contribution is 2.26. The summed E-state index contributed by atoms with van der Waals surface area (Å²) in [5, 5.41) is 0.729. The van der Waals surface area contributed by atoms with Gasteiger partial charge in [0.25, 0.3) is 5.91 Å². The fraction of sp³-hybridized carbons (Fsp3) is 0. The van der Waals surface area contributed by atoms with E-state index in [1.54, 1.807) is 12.3 Å². The molecule has 0 unspecified atom stereocenters. The Balaban J connectivity index is 2.30. The SMILES string of the molecule is NNC(=O)c1cc(-c2ccccn2)nc2ccc(Br)cc12. The van der Waals surface area contributed by atoms with Crippen LogP contribution in [0.4, 0.5) is 0 Å². The second-order valence-electron chi connectivity index (χ2n) is 4.40. The van der Waals surface area contributed by atoms with Crippen molar-refractivity contribution < 1.29 is 4.79 Å². The number of rotatable bonds is 2. The lowest BCUT2D eigenvalue weighted by Gasteiger charge is -2.08. The van der Waals surface area contributed by atoms with Crippen molar-refractivity contribution in [1.29, 1.82) is 0 Å². The minimum absolute atomic E-state index is 0.363. The van der Waals surface area contributed by atoms with Crippen molar-refractivity contribution in [1.82, 2.24) is 15.4 Å². The zero-order chi connectivity index (χ0) is 14.8. The van der Waals surface area contributed by atoms with Crippen molar-refractivity contribution in [2.45, 2.75) is 0 Å². The van der Waals surface area contributed by atoms with Gasteiger partial charge < -0.3 is 0 Å². The number of nitrogens with zero attached hydrogens (tertiary/aromatic N) is 2. The average molecular weight is 343 g/mol. The first-order chi connectivity index (χ1) is 10.2. The van der Waals surface area contributed by atoms with Crippen LogP contribution in [0.15, 0.2) is 53.1 Å². The van der Waals surface area contributed by atoms with E-state index in [4.69, 9.17) is 5.84 Å². The Morgan fingerprint density at radius 1 is 1.14 bits per heavy atom. The van der Waals surface area contributed by atoms with Crippen LogP contribution < -0.4 is 11.3 Å². The topological polar surface area (TPSA) is 80.9 Å². The molecule has 0 atom stereocenters. The lowest BCUT2D eigenvalue weighted by atomic mass is 10.1. The molecule has 3 aromatic rings. The number of hydrazine groups is 1. The zero-order valence-corrected chi connectivity index (χ0v) is 12.5. The van der Waals surface area contributed by atoms with E-state index in [0.717, 1.165) is 9.86 Å². The highest BCUT2D eigenvalue weighted by molar-refractivity contribution is 9.10. The van der Waals surface area contributed by atoms with E-state index < -0.39 is 0 Å². The monoisotopic (exact) mass is 342 g/mol. The van der Waals surface area contributed by atoms with Gasteiger partial charge in [0.2, 0.25) is 0 Å². The molecule has 0 aliphatic carbocycles. The summed E-state index contributed by atoms with van der Waals surface area (Å²) >= 11 is 3.40. The number of pyridine rings is 2. The van der Waals surface area contributed by atoms with Crippen LogP contribution in [0.5, 0.6) is 0 Å². The smallest absolute Gasteiger partial charge is 0.265 e. The van der Waals surface area contributed by atoms with E-state index in [9.17, 15) is 4.79 Å². The number of amides is 1. The van der Waals surface area contributed by atoms with Gasteiger partial charge in [0.15, 0.2) is 0 Å². The van der Waals surface area contributed by atoms with Crippen molar-refractivity contribution in [2.24, 2.45) is 5.84 Å². The van der Waals surface area contributed by atoms with E-state index in [1.165, 1.54) is 0 Å². The number of nitrogens with two attached hydrogens (primary N) is 1. The van der Waals surface area contributed by atoms with Crippen LogP contribution in [-0.2, 0) is 0 Å². The molecule has 3 rings (SSSR count). The summed E-state index contributed by atoms with van der Waals surface area (Å²) in [6, 6.07) is 12.8. The maximum Gasteiger partial charge on any atom is 0.265 e. The van der Waals surface area contributed by atoms with Gasteiger partial charge in [0.1, 0.15) is 0 Å². The lowest BCUT2D eigenvalue weighted by molar-refractivity contribution is 0.0955. The molecule has 104 valence electrons. The number of fused-ring (bicyclic) bond motifs is 1. The molecular formula is C15H11BrN4O. The van der Waals surface area contributed by atoms with Gasteiger partial charge in [-0.1, -0.05) is 22.0 Å². The number of carbonyl (C=O) groups is 1. The Morgan fingerprint density at radius 3 is 2.71 bits per heavy atom. The summed E-state index contributed by atoms with van der Waals surface area (Å²) in [6.07, 6.45) is 1.69. The Labute approximate surface area is 129 Å². The van der Waals surface area contributed by atoms with Gasteiger partial charge in [0, 0.05) is 16.1 Å². The van der Waals surface area contributed by atoms with Gasteiger partial charge in [-0.3, -0.25) is 15.2 Å². The largest absolute Gasteiger partial charge is 0.290 e. The molecule has 2 heterocycles. The molecule has 0 saturated carbocycles. The zero-order valence-electron chi connectivity index (χ0n) is 10.9. The predicted octanol–water partition coefficient (Wildman–Crippen LogP) is 2.66. The van der Waals surface area contributed by atoms with Gasteiger partial charge in [0.05, 0.1) is 22.5 Å². The van der Waals surface area contributed by atoms with Gasteiger partial charge in [-0.15, -0.1) is 0 Å². The number of hydrogen-bond acceptors (Lipinski definition) is 4. The standard InChI is InChI=1S/C15H11BrN4O/c16-9-4-5-12-10(7-9)11(15(21)20-17)8-14(19-12)13-3-1-2-6-18-13/h1-8H,17H2,(H,20,21). The van der Waals surface area contributed by atoms with Crippen molar-refractivity contribution in [3.63, 3.8) is 0 Å². The normalized spacial score (nSPS) is 10.6. The minimum atomic E-state index is -0.363. The predicted molar refractivity (Wildman–Crippen MR) is 84.3 cm³/mol. The Kier molecular flexibility index (Phi) is 3.64. The molecule has 0 radical (unpaired) electrons. The van der Waals surface area contributed by atoms with Crippen LogP contribution in [0.25, 0.3) is 22.3 Å². The molecule has 6 heteroatoms. The van der Waals surface area contributed by atoms with E-state index in [0.29, 0.717) is 22.5 Å². The van der Waals surface area contributed by atoms with Gasteiger partial charge in [-0.25, -0.2) is 10.8 Å². The summed E-state index contributed by atoms with van der Waals surface area (Å²) in [5.41, 5.74) is 4.67. The highest BCUT2D eigenvalue weighted by atomic mass is 79.9. The molecule has 2 aromatic heterocycles. The molecule has 0 aliphatic heterocycles. The molecule has 3 N–H and O–H groups in total. The molecule has 0 saturated heterocycles. The second-order valence-corrected chi connectivity index (χ2v) is 5.32. The quantitative estimate of drug-likeness (QED) is 0.426. The maximum absolute atomic E-state index is 12.0. The summed E-state index contributed by atoms with van der Waals surface area (Å²) in [5.74, 6) is 4.91. The number of halogens is 1. The molecule has 1 aromatic carbocycles. The number of hydrogen-bond donors (Lipinski definition) is 2. The summed E-state index contributed by atoms with van der Waals surface area (Å²) in [7, 11) is 0. The van der Waals surface area contributed by atoms with Crippen LogP contribution in [0.1, 0.15) is 10.4 Å². The fourth-order valence-corrected chi connectivity index (χ4v) is 2.47. The van der Waals surface area contributed by atoms with E-state index in [2.05, 4.69) is 31.3 Å². The Bertz CT molecular complexity index is 821. The molecule has 1 amide bonds. The number of nitrogens with one attached hydrogen (secondary N) is 1. The Hall–Kier alpha value is -2.31. The van der Waals surface area contributed by atoms with Crippen LogP contribution >= 0.6 is 15.9 Å². The minimum Gasteiger partial charge on any atom is -0.290 e. The van der Waals surface area contributed by atoms with Gasteiger partial charge in [-0.2, -0.15) is 0 Å². The average Bonchev–Trinajstić information content (AvgIpc) is 2.54. The third kappa shape index (κ3) is 2.63. The van der Waals surface area contributed by atoms with E-state index >= 15 is 0 Å². The first-order valence-corrected chi connectivity index (χ1v) is 7.01. The fourth-order valence-electron chi connectivity index (χ4n) is 2.11. The molecule has 0 aliphatic rings. The summed E-state index contributed by atoms with van der Waals surface area (Å²) < 4.78 is 0.869. The van der Waals surface area contributed by atoms with E-state index in [1.807, 2.05) is 36.4 Å². The molecule has 21 heavy (non-hydrogen) atoms. The van der Waals surface area contributed by atoms with Crippen LogP contribution in [0.2, 0.25) is 0 Å². The first-order valence-electron chi connectivity index (χ1n) is 6.21.